The highest BCUT2D eigenvalue weighted by Gasteiger charge is 2.20. The molecule has 0 aliphatic carbocycles. The number of benzene rings is 2. The van der Waals surface area contributed by atoms with Crippen LogP contribution in [0.3, 0.4) is 0 Å². The Morgan fingerprint density at radius 3 is 2.21 bits per heavy atom. The highest BCUT2D eigenvalue weighted by molar-refractivity contribution is 5.94. The third-order valence-corrected chi connectivity index (χ3v) is 4.17. The molecule has 28 heavy (non-hydrogen) atoms. The number of amides is 1. The third-order valence-electron chi connectivity index (χ3n) is 4.17. The minimum absolute atomic E-state index is 0.0142. The monoisotopic (exact) mass is 383 g/mol. The largest absolute Gasteiger partial charge is 0.493 e. The van der Waals surface area contributed by atoms with Gasteiger partial charge in [0.15, 0.2) is 11.9 Å². The molecule has 2 aromatic carbocycles. The molecule has 0 aliphatic rings. The Morgan fingerprint density at radius 1 is 0.964 bits per heavy atom. The van der Waals surface area contributed by atoms with Crippen molar-refractivity contribution in [3.05, 3.63) is 65.7 Å². The predicted molar refractivity (Wildman–Crippen MR) is 105 cm³/mol. The fraction of sp³-hybridized carbons (Fsp3) is 0.318. The number of ether oxygens (including phenoxy) is 2. The van der Waals surface area contributed by atoms with Crippen LogP contribution < -0.4 is 10.1 Å². The highest BCUT2D eigenvalue weighted by atomic mass is 16.5. The smallest absolute Gasteiger partial charge is 0.310 e. The van der Waals surface area contributed by atoms with Gasteiger partial charge in [0.05, 0.1) is 19.1 Å². The minimum Gasteiger partial charge on any atom is -0.493 e. The van der Waals surface area contributed by atoms with E-state index < -0.39 is 12.1 Å². The van der Waals surface area contributed by atoms with E-state index in [1.54, 1.807) is 24.3 Å². The van der Waals surface area contributed by atoms with E-state index in [1.165, 1.54) is 13.8 Å². The van der Waals surface area contributed by atoms with Gasteiger partial charge in [0.1, 0.15) is 5.75 Å². The SMILES string of the molecule is CC(=O)c1ccc(OCCC(=O)OC(C)C(=O)NC(C)c2ccccc2)cc1. The van der Waals surface area contributed by atoms with Gasteiger partial charge < -0.3 is 14.8 Å². The lowest BCUT2D eigenvalue weighted by Gasteiger charge is -2.18. The van der Waals surface area contributed by atoms with Crippen LogP contribution in [-0.2, 0) is 14.3 Å². The molecule has 0 aliphatic heterocycles. The Balaban J connectivity index is 1.72. The normalized spacial score (nSPS) is 12.5. The first-order valence-corrected chi connectivity index (χ1v) is 9.15. The van der Waals surface area contributed by atoms with E-state index in [1.807, 2.05) is 37.3 Å². The number of nitrogens with one attached hydrogen (secondary N) is 1. The first kappa shape index (κ1) is 21.2. The molecule has 0 aromatic heterocycles. The van der Waals surface area contributed by atoms with Gasteiger partial charge in [-0.2, -0.15) is 0 Å². The molecule has 2 rings (SSSR count). The summed E-state index contributed by atoms with van der Waals surface area (Å²) in [6.45, 7) is 5.01. The number of ketones is 1. The Labute approximate surface area is 164 Å². The van der Waals surface area contributed by atoms with E-state index in [9.17, 15) is 14.4 Å². The molecule has 0 bridgehead atoms. The van der Waals surface area contributed by atoms with Crippen molar-refractivity contribution in [2.75, 3.05) is 6.61 Å². The van der Waals surface area contributed by atoms with Crippen LogP contribution in [0.1, 0.15) is 49.2 Å². The molecule has 0 radical (unpaired) electrons. The number of hydrogen-bond acceptors (Lipinski definition) is 5. The average Bonchev–Trinajstić information content (AvgIpc) is 2.68. The van der Waals surface area contributed by atoms with E-state index in [2.05, 4.69) is 5.32 Å². The molecule has 6 nitrogen and oxygen atoms in total. The molecule has 0 saturated heterocycles. The summed E-state index contributed by atoms with van der Waals surface area (Å²) >= 11 is 0. The molecule has 0 heterocycles. The highest BCUT2D eigenvalue weighted by Crippen LogP contribution is 2.14. The molecule has 6 heteroatoms. The van der Waals surface area contributed by atoms with Crippen LogP contribution in [0.25, 0.3) is 0 Å². The summed E-state index contributed by atoms with van der Waals surface area (Å²) in [7, 11) is 0. The van der Waals surface area contributed by atoms with Crippen LogP contribution in [0.5, 0.6) is 5.75 Å². The van der Waals surface area contributed by atoms with Gasteiger partial charge in [-0.3, -0.25) is 14.4 Å². The zero-order valence-electron chi connectivity index (χ0n) is 16.3. The summed E-state index contributed by atoms with van der Waals surface area (Å²) in [5, 5.41) is 2.82. The first-order valence-electron chi connectivity index (χ1n) is 9.15. The fourth-order valence-corrected chi connectivity index (χ4v) is 2.50. The van der Waals surface area contributed by atoms with E-state index in [4.69, 9.17) is 9.47 Å². The first-order chi connectivity index (χ1) is 13.4. The number of carbonyl (C=O) groups excluding carboxylic acids is 3. The Morgan fingerprint density at radius 2 is 1.61 bits per heavy atom. The standard InChI is InChI=1S/C22H25NO5/c1-15(18-7-5-4-6-8-18)23-22(26)17(3)28-21(25)13-14-27-20-11-9-19(10-12-20)16(2)24/h4-12,15,17H,13-14H2,1-3H3,(H,23,26). The summed E-state index contributed by atoms with van der Waals surface area (Å²) in [4.78, 5) is 35.3. The van der Waals surface area contributed by atoms with Gasteiger partial charge >= 0.3 is 5.97 Å². The van der Waals surface area contributed by atoms with Gasteiger partial charge in [0.25, 0.3) is 5.91 Å². The minimum atomic E-state index is -0.895. The lowest BCUT2D eigenvalue weighted by molar-refractivity contribution is -0.155. The second-order valence-corrected chi connectivity index (χ2v) is 6.45. The van der Waals surface area contributed by atoms with E-state index in [0.717, 1.165) is 5.56 Å². The predicted octanol–water partition coefficient (Wildman–Crippen LogP) is 3.47. The molecule has 2 aromatic rings. The summed E-state index contributed by atoms with van der Waals surface area (Å²) in [6, 6.07) is 16.0. The van der Waals surface area contributed by atoms with Gasteiger partial charge in [-0.1, -0.05) is 30.3 Å². The molecular weight excluding hydrogens is 358 g/mol. The van der Waals surface area contributed by atoms with Crippen LogP contribution in [0.4, 0.5) is 0 Å². The van der Waals surface area contributed by atoms with Crippen molar-refractivity contribution in [1.82, 2.24) is 5.32 Å². The molecule has 1 N–H and O–H groups in total. The Kier molecular flexibility index (Phi) is 7.75. The van der Waals surface area contributed by atoms with Crippen molar-refractivity contribution in [2.45, 2.75) is 39.3 Å². The number of esters is 1. The zero-order valence-corrected chi connectivity index (χ0v) is 16.3. The average molecular weight is 383 g/mol. The van der Waals surface area contributed by atoms with Crippen LogP contribution in [0.2, 0.25) is 0 Å². The van der Waals surface area contributed by atoms with Crippen LogP contribution >= 0.6 is 0 Å². The van der Waals surface area contributed by atoms with Crippen LogP contribution in [0, 0.1) is 0 Å². The van der Waals surface area contributed by atoms with Gasteiger partial charge in [0, 0.05) is 5.56 Å². The van der Waals surface area contributed by atoms with Gasteiger partial charge in [-0.25, -0.2) is 0 Å². The topological polar surface area (TPSA) is 81.7 Å². The molecule has 2 atom stereocenters. The number of hydrogen-bond donors (Lipinski definition) is 1. The molecule has 148 valence electrons. The number of carbonyl (C=O) groups is 3. The number of rotatable bonds is 9. The third kappa shape index (κ3) is 6.54. The maximum atomic E-state index is 12.2. The molecule has 0 spiro atoms. The van der Waals surface area contributed by atoms with Crippen molar-refractivity contribution in [1.29, 1.82) is 0 Å². The zero-order chi connectivity index (χ0) is 20.5. The number of Topliss-reactive ketones (excluding diaryl/α,β-unsaturated/α-hetero) is 1. The maximum absolute atomic E-state index is 12.2. The molecular formula is C22H25NO5. The summed E-state index contributed by atoms with van der Waals surface area (Å²) < 4.78 is 10.6. The molecule has 0 saturated carbocycles. The lowest BCUT2D eigenvalue weighted by Crippen LogP contribution is -2.37. The summed E-state index contributed by atoms with van der Waals surface area (Å²) in [5.74, 6) is -0.343. The van der Waals surface area contributed by atoms with Crippen molar-refractivity contribution in [2.24, 2.45) is 0 Å². The van der Waals surface area contributed by atoms with E-state index in [-0.39, 0.29) is 30.8 Å². The van der Waals surface area contributed by atoms with Gasteiger partial charge in [-0.15, -0.1) is 0 Å². The van der Waals surface area contributed by atoms with Gasteiger partial charge in [-0.05, 0) is 50.6 Å². The van der Waals surface area contributed by atoms with E-state index >= 15 is 0 Å². The van der Waals surface area contributed by atoms with Gasteiger partial charge in [0.2, 0.25) is 0 Å². The summed E-state index contributed by atoms with van der Waals surface area (Å²) in [5.41, 5.74) is 1.56. The van der Waals surface area contributed by atoms with Crippen molar-refractivity contribution >= 4 is 17.7 Å². The maximum Gasteiger partial charge on any atom is 0.310 e. The van der Waals surface area contributed by atoms with Crippen molar-refractivity contribution in [3.63, 3.8) is 0 Å². The Bertz CT molecular complexity index is 801. The molecule has 1 amide bonds. The Hall–Kier alpha value is -3.15. The summed E-state index contributed by atoms with van der Waals surface area (Å²) in [6.07, 6.45) is -0.881. The second-order valence-electron chi connectivity index (χ2n) is 6.45. The van der Waals surface area contributed by atoms with Crippen LogP contribution in [-0.4, -0.2) is 30.4 Å². The van der Waals surface area contributed by atoms with Crippen molar-refractivity contribution < 1.29 is 23.9 Å². The van der Waals surface area contributed by atoms with Crippen LogP contribution in [0.15, 0.2) is 54.6 Å². The fourth-order valence-electron chi connectivity index (χ4n) is 2.50. The lowest BCUT2D eigenvalue weighted by atomic mass is 10.1. The molecule has 0 fully saturated rings. The quantitative estimate of drug-likeness (QED) is 0.530. The van der Waals surface area contributed by atoms with Crippen molar-refractivity contribution in [3.8, 4) is 5.75 Å². The molecule has 2 unspecified atom stereocenters. The second kappa shape index (κ2) is 10.3. The van der Waals surface area contributed by atoms with E-state index in [0.29, 0.717) is 11.3 Å².